The maximum Gasteiger partial charge on any atom is 0.253 e. The molecule has 2 aromatic carbocycles. The third-order valence-corrected chi connectivity index (χ3v) is 7.99. The second-order valence-corrected chi connectivity index (χ2v) is 10.1. The number of likely N-dealkylation sites (tertiary alicyclic amines) is 1. The fourth-order valence-corrected chi connectivity index (χ4v) is 5.81. The Morgan fingerprint density at radius 2 is 1.75 bits per heavy atom. The largest absolute Gasteiger partial charge is 0.490 e. The van der Waals surface area contributed by atoms with Crippen LogP contribution in [0.5, 0.6) is 5.75 Å². The summed E-state index contributed by atoms with van der Waals surface area (Å²) < 4.78 is 51.8. The van der Waals surface area contributed by atoms with Crippen LogP contribution in [0.25, 0.3) is 0 Å². The molecule has 10 heteroatoms. The molecule has 2 aliphatic rings. The topological polar surface area (TPSA) is 76.2 Å². The molecule has 1 atom stereocenters. The molecule has 0 radical (unpaired) electrons. The number of morpholine rings is 1. The van der Waals surface area contributed by atoms with E-state index in [1.807, 2.05) is 0 Å². The molecule has 0 aromatic heterocycles. The van der Waals surface area contributed by atoms with Crippen LogP contribution in [0.2, 0.25) is 5.02 Å². The van der Waals surface area contributed by atoms with E-state index in [0.717, 1.165) is 0 Å². The number of carbonyl (C=O) groups is 1. The molecule has 2 aliphatic heterocycles. The predicted molar refractivity (Wildman–Crippen MR) is 117 cm³/mol. The summed E-state index contributed by atoms with van der Waals surface area (Å²) in [6.45, 7) is 1.18. The Morgan fingerprint density at radius 1 is 1.06 bits per heavy atom. The quantitative estimate of drug-likeness (QED) is 0.655. The lowest BCUT2D eigenvalue weighted by molar-refractivity contribution is -0.149. The average molecular weight is 483 g/mol. The van der Waals surface area contributed by atoms with Crippen molar-refractivity contribution in [3.05, 3.63) is 59.4 Å². The number of amides is 1. The maximum absolute atomic E-state index is 13.0. The van der Waals surface area contributed by atoms with Crippen LogP contribution in [0.3, 0.4) is 0 Å². The van der Waals surface area contributed by atoms with Gasteiger partial charge >= 0.3 is 0 Å². The van der Waals surface area contributed by atoms with E-state index in [-0.39, 0.29) is 47.4 Å². The molecule has 7 nitrogen and oxygen atoms in total. The average Bonchev–Trinajstić information content (AvgIpc) is 2.81. The van der Waals surface area contributed by atoms with Crippen molar-refractivity contribution in [2.45, 2.75) is 29.9 Å². The van der Waals surface area contributed by atoms with E-state index in [1.165, 1.54) is 28.6 Å². The summed E-state index contributed by atoms with van der Waals surface area (Å²) in [5.74, 6) is 0.0346. The first-order chi connectivity index (χ1) is 15.3. The minimum absolute atomic E-state index is 0.0218. The highest BCUT2D eigenvalue weighted by Crippen LogP contribution is 2.26. The molecule has 0 N–H and O–H groups in total. The zero-order valence-electron chi connectivity index (χ0n) is 17.3. The Labute approximate surface area is 191 Å². The molecular formula is C22H24ClFN2O5S. The highest BCUT2D eigenvalue weighted by Gasteiger charge is 2.37. The van der Waals surface area contributed by atoms with Crippen molar-refractivity contribution >= 4 is 27.5 Å². The van der Waals surface area contributed by atoms with Gasteiger partial charge in [-0.2, -0.15) is 4.31 Å². The Morgan fingerprint density at radius 3 is 2.44 bits per heavy atom. The van der Waals surface area contributed by atoms with E-state index in [4.69, 9.17) is 21.1 Å². The van der Waals surface area contributed by atoms with Crippen molar-refractivity contribution < 1.29 is 27.1 Å². The van der Waals surface area contributed by atoms with Gasteiger partial charge in [-0.3, -0.25) is 4.79 Å². The monoisotopic (exact) mass is 482 g/mol. The summed E-state index contributed by atoms with van der Waals surface area (Å²) in [5, 5.41) is 0.144. The molecule has 1 unspecified atom stereocenters. The van der Waals surface area contributed by atoms with Crippen molar-refractivity contribution in [3.8, 4) is 5.75 Å². The van der Waals surface area contributed by atoms with Crippen LogP contribution >= 0.6 is 11.6 Å². The molecular weight excluding hydrogens is 459 g/mol. The Kier molecular flexibility index (Phi) is 6.99. The number of carbonyl (C=O) groups excluding carboxylic acids is 1. The van der Waals surface area contributed by atoms with Gasteiger partial charge < -0.3 is 14.4 Å². The first kappa shape index (κ1) is 23.0. The van der Waals surface area contributed by atoms with Gasteiger partial charge in [0.05, 0.1) is 11.6 Å². The lowest BCUT2D eigenvalue weighted by atomic mass is 10.1. The van der Waals surface area contributed by atoms with Crippen LogP contribution in [0.1, 0.15) is 12.8 Å². The van der Waals surface area contributed by atoms with Gasteiger partial charge in [0.15, 0.2) is 0 Å². The molecule has 32 heavy (non-hydrogen) atoms. The van der Waals surface area contributed by atoms with E-state index >= 15 is 0 Å². The number of hydrogen-bond acceptors (Lipinski definition) is 5. The number of sulfonamides is 1. The summed E-state index contributed by atoms with van der Waals surface area (Å²) in [6, 6.07) is 12.1. The molecule has 2 fully saturated rings. The summed E-state index contributed by atoms with van der Waals surface area (Å²) in [6.07, 6.45) is 0.305. The van der Waals surface area contributed by atoms with Gasteiger partial charge in [0.2, 0.25) is 10.0 Å². The fourth-order valence-electron chi connectivity index (χ4n) is 3.89. The number of hydrogen-bond donors (Lipinski definition) is 0. The van der Waals surface area contributed by atoms with E-state index in [1.54, 1.807) is 29.2 Å². The van der Waals surface area contributed by atoms with Gasteiger partial charge in [0.25, 0.3) is 5.91 Å². The van der Waals surface area contributed by atoms with Gasteiger partial charge in [-0.25, -0.2) is 12.8 Å². The molecule has 4 rings (SSSR count). The Hall–Kier alpha value is -2.20. The first-order valence-corrected chi connectivity index (χ1v) is 12.2. The van der Waals surface area contributed by atoms with Crippen LogP contribution in [0, 0.1) is 5.82 Å². The maximum atomic E-state index is 13.0. The Bertz CT molecular complexity index is 1060. The van der Waals surface area contributed by atoms with Crippen LogP contribution < -0.4 is 4.74 Å². The predicted octanol–water partition coefficient (Wildman–Crippen LogP) is 2.94. The third kappa shape index (κ3) is 5.06. The lowest BCUT2D eigenvalue weighted by Gasteiger charge is -2.37. The first-order valence-electron chi connectivity index (χ1n) is 10.4. The van der Waals surface area contributed by atoms with E-state index in [2.05, 4.69) is 0 Å². The number of ether oxygens (including phenoxy) is 2. The summed E-state index contributed by atoms with van der Waals surface area (Å²) >= 11 is 6.09. The highest BCUT2D eigenvalue weighted by atomic mass is 35.5. The minimum atomic E-state index is -3.83. The zero-order valence-corrected chi connectivity index (χ0v) is 18.9. The number of halogens is 2. The zero-order chi connectivity index (χ0) is 22.7. The smallest absolute Gasteiger partial charge is 0.253 e. The summed E-state index contributed by atoms with van der Waals surface area (Å²) in [5.41, 5.74) is 0. The van der Waals surface area contributed by atoms with Crippen molar-refractivity contribution in [3.63, 3.8) is 0 Å². The van der Waals surface area contributed by atoms with Gasteiger partial charge in [-0.05, 0) is 36.4 Å². The second kappa shape index (κ2) is 9.74. The molecule has 0 saturated carbocycles. The molecule has 0 spiro atoms. The Balaban J connectivity index is 1.35. The lowest BCUT2D eigenvalue weighted by Crippen LogP contribution is -2.54. The number of benzene rings is 2. The van der Waals surface area contributed by atoms with Gasteiger partial charge in [0.1, 0.15) is 28.7 Å². The van der Waals surface area contributed by atoms with Crippen LogP contribution in [0.15, 0.2) is 53.4 Å². The summed E-state index contributed by atoms with van der Waals surface area (Å²) in [7, 11) is -3.83. The van der Waals surface area contributed by atoms with Gasteiger partial charge in [0, 0.05) is 39.0 Å². The molecule has 0 aliphatic carbocycles. The van der Waals surface area contributed by atoms with Gasteiger partial charge in [-0.1, -0.05) is 23.7 Å². The minimum Gasteiger partial charge on any atom is -0.490 e. The number of piperidine rings is 1. The van der Waals surface area contributed by atoms with E-state index < -0.39 is 16.1 Å². The number of nitrogens with zero attached hydrogens (tertiary/aromatic N) is 2. The fraction of sp³-hybridized carbons (Fsp3) is 0.409. The molecule has 0 bridgehead atoms. The van der Waals surface area contributed by atoms with Crippen LogP contribution in [-0.2, 0) is 19.6 Å². The second-order valence-electron chi connectivity index (χ2n) is 7.75. The SMILES string of the molecule is O=C(C1CN(S(=O)(=O)c2ccccc2Cl)CCO1)N1CCC(Oc2ccc(F)cc2)CC1. The third-order valence-electron chi connectivity index (χ3n) is 5.63. The molecule has 2 aromatic rings. The highest BCUT2D eigenvalue weighted by molar-refractivity contribution is 7.89. The van der Waals surface area contributed by atoms with Gasteiger partial charge in [-0.15, -0.1) is 0 Å². The van der Waals surface area contributed by atoms with Crippen molar-refractivity contribution in [2.24, 2.45) is 0 Å². The van der Waals surface area contributed by atoms with E-state index in [0.29, 0.717) is 31.7 Å². The molecule has 172 valence electrons. The standard InChI is InChI=1S/C22H24ClFN2O5S/c23-19-3-1-2-4-21(19)32(28,29)26-13-14-30-20(15-26)22(27)25-11-9-18(10-12-25)31-17-7-5-16(24)6-8-17/h1-8,18,20H,9-15H2. The normalized spacial score (nSPS) is 20.8. The molecule has 1 amide bonds. The van der Waals surface area contributed by atoms with Crippen LogP contribution in [-0.4, -0.2) is 68.5 Å². The molecule has 2 saturated heterocycles. The van der Waals surface area contributed by atoms with Crippen molar-refractivity contribution in [1.82, 2.24) is 9.21 Å². The number of rotatable bonds is 5. The van der Waals surface area contributed by atoms with E-state index in [9.17, 15) is 17.6 Å². The molecule has 2 heterocycles. The van der Waals surface area contributed by atoms with Crippen LogP contribution in [0.4, 0.5) is 4.39 Å². The van der Waals surface area contributed by atoms with Crippen molar-refractivity contribution in [1.29, 1.82) is 0 Å². The summed E-state index contributed by atoms with van der Waals surface area (Å²) in [4.78, 5) is 14.7. The van der Waals surface area contributed by atoms with Crippen molar-refractivity contribution in [2.75, 3.05) is 32.8 Å².